The second-order valence-corrected chi connectivity index (χ2v) is 6.33. The van der Waals surface area contributed by atoms with Gasteiger partial charge in [-0.25, -0.2) is 9.78 Å². The number of carbonyl (C=O) groups is 2. The number of nitriles is 2. The molecule has 0 aliphatic heterocycles. The Balaban J connectivity index is 2.42. The molecule has 0 atom stereocenters. The van der Waals surface area contributed by atoms with Gasteiger partial charge in [0.25, 0.3) is 0 Å². The maximum Gasteiger partial charge on any atom is 0.340 e. The minimum absolute atomic E-state index is 0.0214. The summed E-state index contributed by atoms with van der Waals surface area (Å²) in [6.07, 6.45) is 0. The normalized spacial score (nSPS) is 11.0. The summed E-state index contributed by atoms with van der Waals surface area (Å²) in [5.74, 6) is 0.239. The van der Waals surface area contributed by atoms with Crippen LogP contribution < -0.4 is 16.0 Å². The van der Waals surface area contributed by atoms with E-state index >= 15 is 0 Å². The number of primary amides is 1. The highest BCUT2D eigenvalue weighted by Crippen LogP contribution is 2.19. The van der Waals surface area contributed by atoms with Crippen molar-refractivity contribution < 1.29 is 14.3 Å². The summed E-state index contributed by atoms with van der Waals surface area (Å²) >= 11 is 0. The van der Waals surface area contributed by atoms with E-state index in [0.717, 1.165) is 5.56 Å². The Morgan fingerprint density at radius 2 is 1.80 bits per heavy atom. The first-order chi connectivity index (χ1) is 14.4. The molecule has 2 aromatic carbocycles. The van der Waals surface area contributed by atoms with Crippen LogP contribution in [0.25, 0.3) is 11.0 Å². The Morgan fingerprint density at radius 1 is 1.17 bits per heavy atom. The third-order valence-electron chi connectivity index (χ3n) is 4.40. The van der Waals surface area contributed by atoms with E-state index in [-0.39, 0.29) is 28.9 Å². The molecule has 148 valence electrons. The summed E-state index contributed by atoms with van der Waals surface area (Å²) < 4.78 is 6.74. The van der Waals surface area contributed by atoms with Gasteiger partial charge in [-0.3, -0.25) is 4.79 Å². The third-order valence-corrected chi connectivity index (χ3v) is 4.40. The van der Waals surface area contributed by atoms with Crippen molar-refractivity contribution >= 4 is 22.8 Å². The standard InChI is InChI=1S/C21H16N6O3/c1-12(28)19-20(26-21(24)29)27(11-13-3-5-16(30-2)6-4-13)18-8-15(10-23)14(9-22)7-17(18)25-19/h3-8H,11H2,1-2H3,(H2,24,29)/b26-20+. The molecule has 3 rings (SSSR count). The van der Waals surface area contributed by atoms with Crippen molar-refractivity contribution in [2.75, 3.05) is 7.11 Å². The SMILES string of the molecule is COc1ccc(Cn2/c(=N/C(N)=O)c(C(C)=O)nc3cc(C#N)c(C#N)cc32)cc1. The van der Waals surface area contributed by atoms with Gasteiger partial charge < -0.3 is 15.0 Å². The van der Waals surface area contributed by atoms with E-state index < -0.39 is 11.8 Å². The van der Waals surface area contributed by atoms with Crippen molar-refractivity contribution in [3.8, 4) is 17.9 Å². The van der Waals surface area contributed by atoms with Crippen LogP contribution in [0.3, 0.4) is 0 Å². The zero-order valence-electron chi connectivity index (χ0n) is 16.2. The van der Waals surface area contributed by atoms with E-state index in [1.807, 2.05) is 24.3 Å². The highest BCUT2D eigenvalue weighted by molar-refractivity contribution is 5.94. The van der Waals surface area contributed by atoms with Gasteiger partial charge in [0, 0.05) is 13.5 Å². The molecule has 3 aromatic rings. The molecule has 2 N–H and O–H groups in total. The highest BCUT2D eigenvalue weighted by atomic mass is 16.5. The number of benzene rings is 2. The van der Waals surface area contributed by atoms with Crippen molar-refractivity contribution in [1.82, 2.24) is 9.55 Å². The molecule has 0 saturated carbocycles. The number of fused-ring (bicyclic) bond motifs is 1. The summed E-state index contributed by atoms with van der Waals surface area (Å²) in [4.78, 5) is 31.9. The fourth-order valence-corrected chi connectivity index (χ4v) is 3.01. The zero-order chi connectivity index (χ0) is 21.8. The quantitative estimate of drug-likeness (QED) is 0.663. The van der Waals surface area contributed by atoms with Crippen molar-refractivity contribution in [3.05, 3.63) is 64.3 Å². The average Bonchev–Trinajstić information content (AvgIpc) is 2.74. The lowest BCUT2D eigenvalue weighted by atomic mass is 10.1. The second-order valence-electron chi connectivity index (χ2n) is 6.33. The number of hydrogen-bond acceptors (Lipinski definition) is 6. The van der Waals surface area contributed by atoms with E-state index in [0.29, 0.717) is 16.8 Å². The first-order valence-electron chi connectivity index (χ1n) is 8.74. The molecule has 0 aliphatic carbocycles. The minimum Gasteiger partial charge on any atom is -0.497 e. The number of ketones is 1. The van der Waals surface area contributed by atoms with Gasteiger partial charge in [0.15, 0.2) is 11.3 Å². The van der Waals surface area contributed by atoms with Gasteiger partial charge >= 0.3 is 6.03 Å². The lowest BCUT2D eigenvalue weighted by Crippen LogP contribution is -2.31. The molecule has 0 saturated heterocycles. The number of amides is 2. The van der Waals surface area contributed by atoms with Crippen LogP contribution in [-0.2, 0) is 6.54 Å². The largest absolute Gasteiger partial charge is 0.497 e. The van der Waals surface area contributed by atoms with Gasteiger partial charge in [-0.1, -0.05) is 12.1 Å². The van der Waals surface area contributed by atoms with Crippen LogP contribution in [0.1, 0.15) is 34.1 Å². The molecule has 30 heavy (non-hydrogen) atoms. The van der Waals surface area contributed by atoms with Gasteiger partial charge in [-0.15, -0.1) is 0 Å². The Labute approximate surface area is 171 Å². The van der Waals surface area contributed by atoms with Crippen molar-refractivity contribution in [2.45, 2.75) is 13.5 Å². The van der Waals surface area contributed by atoms with Crippen LogP contribution >= 0.6 is 0 Å². The van der Waals surface area contributed by atoms with Gasteiger partial charge in [0.1, 0.15) is 23.6 Å². The summed E-state index contributed by atoms with van der Waals surface area (Å²) in [6, 6.07) is 13.0. The zero-order valence-corrected chi connectivity index (χ0v) is 16.2. The lowest BCUT2D eigenvalue weighted by Gasteiger charge is -2.15. The Kier molecular flexibility index (Phi) is 5.57. The minimum atomic E-state index is -0.990. The van der Waals surface area contributed by atoms with Gasteiger partial charge in [-0.2, -0.15) is 15.5 Å². The number of nitrogens with zero attached hydrogens (tertiary/aromatic N) is 5. The lowest BCUT2D eigenvalue weighted by molar-refractivity contribution is 0.101. The predicted octanol–water partition coefficient (Wildman–Crippen LogP) is 2.02. The van der Waals surface area contributed by atoms with Crippen LogP contribution in [0.15, 0.2) is 41.4 Å². The number of rotatable bonds is 4. The summed E-state index contributed by atoms with van der Waals surface area (Å²) in [7, 11) is 1.55. The molecule has 0 radical (unpaired) electrons. The molecule has 9 nitrogen and oxygen atoms in total. The monoisotopic (exact) mass is 400 g/mol. The van der Waals surface area contributed by atoms with Gasteiger partial charge in [-0.05, 0) is 29.8 Å². The fraction of sp³-hybridized carbons (Fsp3) is 0.143. The van der Waals surface area contributed by atoms with Crippen molar-refractivity contribution in [1.29, 1.82) is 10.5 Å². The Hall–Kier alpha value is -4.50. The molecular formula is C21H16N6O3. The maximum absolute atomic E-state index is 12.2. The first kappa shape index (κ1) is 20.2. The Morgan fingerprint density at radius 3 is 2.33 bits per heavy atom. The van der Waals surface area contributed by atoms with E-state index in [4.69, 9.17) is 10.5 Å². The van der Waals surface area contributed by atoms with Gasteiger partial charge in [0.2, 0.25) is 0 Å². The number of methoxy groups -OCH3 is 1. The number of Topliss-reactive ketones (excluding diaryl/α,β-unsaturated/α-hetero) is 1. The van der Waals surface area contributed by atoms with Crippen molar-refractivity contribution in [2.24, 2.45) is 10.7 Å². The highest BCUT2D eigenvalue weighted by Gasteiger charge is 2.17. The molecule has 0 fully saturated rings. The summed E-state index contributed by atoms with van der Waals surface area (Å²) in [5.41, 5.74) is 6.99. The molecule has 0 spiro atoms. The van der Waals surface area contributed by atoms with E-state index in [1.54, 1.807) is 23.8 Å². The molecule has 2 amide bonds. The first-order valence-corrected chi connectivity index (χ1v) is 8.74. The van der Waals surface area contributed by atoms with E-state index in [9.17, 15) is 20.1 Å². The molecule has 0 aliphatic rings. The summed E-state index contributed by atoms with van der Waals surface area (Å²) in [5, 5.41) is 18.7. The third kappa shape index (κ3) is 3.86. The van der Waals surface area contributed by atoms with Crippen LogP contribution in [0.4, 0.5) is 4.79 Å². The number of urea groups is 1. The van der Waals surface area contributed by atoms with Crippen LogP contribution in [-0.4, -0.2) is 28.5 Å². The number of nitrogens with two attached hydrogens (primary N) is 1. The fourth-order valence-electron chi connectivity index (χ4n) is 3.01. The van der Waals surface area contributed by atoms with Crippen LogP contribution in [0, 0.1) is 22.7 Å². The van der Waals surface area contributed by atoms with Crippen LogP contribution in [0.2, 0.25) is 0 Å². The summed E-state index contributed by atoms with van der Waals surface area (Å²) in [6.45, 7) is 1.49. The van der Waals surface area contributed by atoms with E-state index in [1.165, 1.54) is 19.1 Å². The van der Waals surface area contributed by atoms with Gasteiger partial charge in [0.05, 0.1) is 29.3 Å². The molecular weight excluding hydrogens is 384 g/mol. The van der Waals surface area contributed by atoms with Crippen molar-refractivity contribution in [3.63, 3.8) is 0 Å². The Bertz CT molecular complexity index is 1320. The van der Waals surface area contributed by atoms with Crippen LogP contribution in [0.5, 0.6) is 5.75 Å². The number of aromatic nitrogens is 2. The molecule has 9 heteroatoms. The average molecular weight is 400 g/mol. The topological polar surface area (TPSA) is 147 Å². The smallest absolute Gasteiger partial charge is 0.340 e. The number of hydrogen-bond donors (Lipinski definition) is 1. The molecule has 1 aromatic heterocycles. The predicted molar refractivity (Wildman–Crippen MR) is 106 cm³/mol. The second kappa shape index (κ2) is 8.25. The maximum atomic E-state index is 12.2. The number of carbonyl (C=O) groups excluding carboxylic acids is 2. The number of ether oxygens (including phenoxy) is 1. The van der Waals surface area contributed by atoms with E-state index in [2.05, 4.69) is 9.98 Å². The molecule has 0 unspecified atom stereocenters. The molecule has 0 bridgehead atoms. The molecule has 1 heterocycles.